The van der Waals surface area contributed by atoms with Gasteiger partial charge in [0.05, 0.1) is 0 Å². The van der Waals surface area contributed by atoms with Gasteiger partial charge in [0.1, 0.15) is 0 Å². The Kier molecular flexibility index (Phi) is 5.67. The van der Waals surface area contributed by atoms with Gasteiger partial charge in [0.15, 0.2) is 0 Å². The zero-order chi connectivity index (χ0) is 13.7. The highest BCUT2D eigenvalue weighted by Gasteiger charge is 2.33. The van der Waals surface area contributed by atoms with Gasteiger partial charge >= 0.3 is 0 Å². The van der Waals surface area contributed by atoms with Gasteiger partial charge in [-0.15, -0.1) is 0 Å². The van der Waals surface area contributed by atoms with Crippen molar-refractivity contribution in [2.24, 2.45) is 5.41 Å². The molecule has 1 atom stereocenters. The highest BCUT2D eigenvalue weighted by Crippen LogP contribution is 2.32. The van der Waals surface area contributed by atoms with Crippen molar-refractivity contribution in [1.82, 2.24) is 15.1 Å². The summed E-state index contributed by atoms with van der Waals surface area (Å²) in [6, 6.07) is 0.824. The smallest absolute Gasteiger partial charge is 0.0236 e. The maximum Gasteiger partial charge on any atom is 0.0236 e. The fraction of sp³-hybridized carbons (Fsp3) is 1.00. The molecule has 19 heavy (non-hydrogen) atoms. The van der Waals surface area contributed by atoms with Crippen molar-refractivity contribution in [1.29, 1.82) is 0 Å². The van der Waals surface area contributed by atoms with E-state index in [1.807, 2.05) is 0 Å². The quantitative estimate of drug-likeness (QED) is 0.796. The molecule has 3 heteroatoms. The Balaban J connectivity index is 1.83. The summed E-state index contributed by atoms with van der Waals surface area (Å²) in [5.41, 5.74) is 0.568. The second kappa shape index (κ2) is 7.05. The molecular weight excluding hydrogens is 234 g/mol. The molecule has 2 saturated heterocycles. The van der Waals surface area contributed by atoms with E-state index in [2.05, 4.69) is 35.9 Å². The topological polar surface area (TPSA) is 18.5 Å². The van der Waals surface area contributed by atoms with Gasteiger partial charge in [0, 0.05) is 45.3 Å². The lowest BCUT2D eigenvalue weighted by Crippen LogP contribution is -2.49. The Morgan fingerprint density at radius 2 is 1.63 bits per heavy atom. The largest absolute Gasteiger partial charge is 0.314 e. The third-order valence-electron chi connectivity index (χ3n) is 5.72. The number of nitrogens with one attached hydrogen (secondary N) is 1. The van der Waals surface area contributed by atoms with Gasteiger partial charge in [-0.25, -0.2) is 0 Å². The van der Waals surface area contributed by atoms with E-state index in [9.17, 15) is 0 Å². The summed E-state index contributed by atoms with van der Waals surface area (Å²) in [6.45, 7) is 15.9. The van der Waals surface area contributed by atoms with Crippen LogP contribution in [0.3, 0.4) is 0 Å². The van der Waals surface area contributed by atoms with Gasteiger partial charge in [0.25, 0.3) is 0 Å². The minimum absolute atomic E-state index is 0.568. The molecule has 0 saturated carbocycles. The average Bonchev–Trinajstić information content (AvgIpc) is 2.94. The van der Waals surface area contributed by atoms with Crippen molar-refractivity contribution < 1.29 is 0 Å². The van der Waals surface area contributed by atoms with Crippen LogP contribution >= 0.6 is 0 Å². The van der Waals surface area contributed by atoms with Crippen LogP contribution < -0.4 is 5.32 Å². The maximum absolute atomic E-state index is 3.46. The third-order valence-corrected chi connectivity index (χ3v) is 5.72. The summed E-state index contributed by atoms with van der Waals surface area (Å²) in [4.78, 5) is 5.45. The Morgan fingerprint density at radius 1 is 1.00 bits per heavy atom. The molecule has 2 aliphatic rings. The van der Waals surface area contributed by atoms with E-state index in [0.29, 0.717) is 5.41 Å². The molecule has 0 aromatic rings. The minimum atomic E-state index is 0.568. The number of piperazine rings is 1. The van der Waals surface area contributed by atoms with E-state index < -0.39 is 0 Å². The normalized spacial score (nSPS) is 27.0. The van der Waals surface area contributed by atoms with Gasteiger partial charge < -0.3 is 10.2 Å². The second-order valence-corrected chi connectivity index (χ2v) is 6.52. The Bertz CT molecular complexity index is 248. The molecule has 0 aliphatic carbocycles. The molecule has 2 heterocycles. The number of likely N-dealkylation sites (tertiary alicyclic amines) is 1. The van der Waals surface area contributed by atoms with Crippen LogP contribution in [0.1, 0.15) is 46.5 Å². The van der Waals surface area contributed by atoms with Crippen LogP contribution in [-0.2, 0) is 0 Å². The molecule has 2 rings (SSSR count). The van der Waals surface area contributed by atoms with Crippen LogP contribution in [0.2, 0.25) is 0 Å². The van der Waals surface area contributed by atoms with Gasteiger partial charge in [0.2, 0.25) is 0 Å². The zero-order valence-corrected chi connectivity index (χ0v) is 13.2. The predicted octanol–water partition coefficient (Wildman–Crippen LogP) is 2.18. The molecule has 112 valence electrons. The van der Waals surface area contributed by atoms with Crippen LogP contribution in [0.4, 0.5) is 0 Å². The Labute approximate surface area is 119 Å². The van der Waals surface area contributed by atoms with Crippen molar-refractivity contribution >= 4 is 0 Å². The first-order valence-electron chi connectivity index (χ1n) is 8.40. The van der Waals surface area contributed by atoms with Crippen LogP contribution in [0.15, 0.2) is 0 Å². The van der Waals surface area contributed by atoms with Gasteiger partial charge in [-0.1, -0.05) is 20.8 Å². The number of hydrogen-bond acceptors (Lipinski definition) is 3. The third kappa shape index (κ3) is 3.71. The minimum Gasteiger partial charge on any atom is -0.314 e. The molecule has 1 N–H and O–H groups in total. The van der Waals surface area contributed by atoms with E-state index in [0.717, 1.165) is 6.04 Å². The van der Waals surface area contributed by atoms with E-state index in [4.69, 9.17) is 0 Å². The molecule has 0 aromatic carbocycles. The van der Waals surface area contributed by atoms with Crippen molar-refractivity contribution in [3.8, 4) is 0 Å². The van der Waals surface area contributed by atoms with Crippen LogP contribution in [-0.4, -0.2) is 61.7 Å². The Morgan fingerprint density at radius 3 is 2.21 bits per heavy atom. The summed E-state index contributed by atoms with van der Waals surface area (Å²) < 4.78 is 0. The van der Waals surface area contributed by atoms with Gasteiger partial charge in [-0.3, -0.25) is 4.90 Å². The van der Waals surface area contributed by atoms with Crippen LogP contribution in [0, 0.1) is 5.41 Å². The van der Waals surface area contributed by atoms with E-state index in [1.54, 1.807) is 0 Å². The standard InChI is InChI=1S/C16H33N3/c1-4-16(5-2,6-3)14-18-10-7-15(13-18)19-11-8-17-9-12-19/h15,17H,4-14H2,1-3H3. The summed E-state index contributed by atoms with van der Waals surface area (Å²) in [6.07, 6.45) is 5.37. The lowest BCUT2D eigenvalue weighted by molar-refractivity contribution is 0.132. The monoisotopic (exact) mass is 267 g/mol. The Hall–Kier alpha value is -0.120. The first-order chi connectivity index (χ1) is 9.23. The SMILES string of the molecule is CCC(CC)(CC)CN1CCC(N2CCNCC2)C1. The molecule has 3 nitrogen and oxygen atoms in total. The molecule has 0 bridgehead atoms. The van der Waals surface area contributed by atoms with E-state index >= 15 is 0 Å². The number of hydrogen-bond donors (Lipinski definition) is 1. The molecule has 0 amide bonds. The molecule has 0 spiro atoms. The fourth-order valence-electron chi connectivity index (χ4n) is 3.86. The summed E-state index contributed by atoms with van der Waals surface area (Å²) in [5.74, 6) is 0. The molecule has 2 aliphatic heterocycles. The fourth-order valence-corrected chi connectivity index (χ4v) is 3.86. The predicted molar refractivity (Wildman–Crippen MR) is 82.6 cm³/mol. The highest BCUT2D eigenvalue weighted by molar-refractivity contribution is 4.89. The summed E-state index contributed by atoms with van der Waals surface area (Å²) >= 11 is 0. The summed E-state index contributed by atoms with van der Waals surface area (Å²) in [5, 5.41) is 3.46. The van der Waals surface area contributed by atoms with E-state index in [-0.39, 0.29) is 0 Å². The first-order valence-corrected chi connectivity index (χ1v) is 8.40. The van der Waals surface area contributed by atoms with E-state index in [1.165, 1.54) is 71.5 Å². The first kappa shape index (κ1) is 15.3. The second-order valence-electron chi connectivity index (χ2n) is 6.52. The molecule has 1 unspecified atom stereocenters. The number of nitrogens with zero attached hydrogens (tertiary/aromatic N) is 2. The van der Waals surface area contributed by atoms with Crippen molar-refractivity contribution in [3.05, 3.63) is 0 Å². The molecule has 0 radical (unpaired) electrons. The number of rotatable bonds is 6. The van der Waals surface area contributed by atoms with Crippen molar-refractivity contribution in [2.75, 3.05) is 45.8 Å². The molecule has 2 fully saturated rings. The van der Waals surface area contributed by atoms with Crippen molar-refractivity contribution in [2.45, 2.75) is 52.5 Å². The van der Waals surface area contributed by atoms with Crippen LogP contribution in [0.25, 0.3) is 0 Å². The van der Waals surface area contributed by atoms with Gasteiger partial charge in [-0.05, 0) is 37.6 Å². The lowest BCUT2D eigenvalue weighted by atomic mass is 9.79. The molecular formula is C16H33N3. The van der Waals surface area contributed by atoms with Crippen molar-refractivity contribution in [3.63, 3.8) is 0 Å². The zero-order valence-electron chi connectivity index (χ0n) is 13.2. The maximum atomic E-state index is 3.46. The average molecular weight is 267 g/mol. The lowest BCUT2D eigenvalue weighted by Gasteiger charge is -2.36. The highest BCUT2D eigenvalue weighted by atomic mass is 15.3. The summed E-state index contributed by atoms with van der Waals surface area (Å²) in [7, 11) is 0. The van der Waals surface area contributed by atoms with Crippen LogP contribution in [0.5, 0.6) is 0 Å². The molecule has 0 aromatic heterocycles. The van der Waals surface area contributed by atoms with Gasteiger partial charge in [-0.2, -0.15) is 0 Å².